The van der Waals surface area contributed by atoms with Gasteiger partial charge >= 0.3 is 0 Å². The molecule has 1 heterocycles. The second kappa shape index (κ2) is 10.3. The Morgan fingerprint density at radius 3 is 2.29 bits per heavy atom. The Balaban J connectivity index is 2.04. The van der Waals surface area contributed by atoms with Crippen molar-refractivity contribution < 1.29 is 19.1 Å². The highest BCUT2D eigenvalue weighted by Gasteiger charge is 2.42. The van der Waals surface area contributed by atoms with Crippen LogP contribution in [0.5, 0.6) is 5.75 Å². The van der Waals surface area contributed by atoms with Crippen molar-refractivity contribution in [2.45, 2.75) is 33.4 Å². The van der Waals surface area contributed by atoms with Gasteiger partial charge in [-0.3, -0.25) is 14.5 Å². The maximum Gasteiger partial charge on any atom is 0.277 e. The number of benzene rings is 2. The first-order valence-corrected chi connectivity index (χ1v) is 10.6. The van der Waals surface area contributed by atoms with E-state index in [1.807, 2.05) is 74.2 Å². The zero-order chi connectivity index (χ0) is 22.4. The molecule has 0 aliphatic carbocycles. The fraction of sp³-hybridized carbons (Fsp3) is 0.360. The third-order valence-corrected chi connectivity index (χ3v) is 5.20. The monoisotopic (exact) mass is 422 g/mol. The first-order chi connectivity index (χ1) is 15.0. The zero-order valence-corrected chi connectivity index (χ0v) is 18.6. The summed E-state index contributed by atoms with van der Waals surface area (Å²) in [4.78, 5) is 30.2. The van der Waals surface area contributed by atoms with Gasteiger partial charge in [-0.1, -0.05) is 48.5 Å². The van der Waals surface area contributed by atoms with Crippen molar-refractivity contribution in [1.29, 1.82) is 0 Å². The number of methoxy groups -OCH3 is 1. The molecule has 0 aromatic heterocycles. The standard InChI is InChI=1S/C25H30N2O4/c1-5-26(17-19-11-7-6-8-12-19)23-22(20-13-9-10-14-21(20)30-4)24(28)27(25(23)29)15-16-31-18(2)3/h6-14,18H,5,15-17H2,1-4H3. The van der Waals surface area contributed by atoms with Crippen LogP contribution in [0.1, 0.15) is 31.9 Å². The summed E-state index contributed by atoms with van der Waals surface area (Å²) in [5.74, 6) is -0.0494. The average Bonchev–Trinajstić information content (AvgIpc) is 3.02. The minimum atomic E-state index is -0.316. The van der Waals surface area contributed by atoms with Gasteiger partial charge in [-0.15, -0.1) is 0 Å². The summed E-state index contributed by atoms with van der Waals surface area (Å²) in [6.07, 6.45) is 0.0270. The maximum atomic E-state index is 13.5. The molecule has 2 amide bonds. The first kappa shape index (κ1) is 22.6. The van der Waals surface area contributed by atoms with Gasteiger partial charge < -0.3 is 14.4 Å². The van der Waals surface area contributed by atoms with Gasteiger partial charge in [0.15, 0.2) is 0 Å². The van der Waals surface area contributed by atoms with E-state index in [0.717, 1.165) is 5.56 Å². The molecule has 2 aromatic rings. The van der Waals surface area contributed by atoms with Crippen LogP contribution in [0.25, 0.3) is 5.57 Å². The molecule has 0 spiro atoms. The molecule has 31 heavy (non-hydrogen) atoms. The number of para-hydroxylation sites is 1. The van der Waals surface area contributed by atoms with Gasteiger partial charge in [0, 0.05) is 18.7 Å². The number of hydrogen-bond donors (Lipinski definition) is 0. The average molecular weight is 423 g/mol. The van der Waals surface area contributed by atoms with Gasteiger partial charge in [-0.2, -0.15) is 0 Å². The molecule has 0 unspecified atom stereocenters. The van der Waals surface area contributed by atoms with Crippen molar-refractivity contribution in [2.24, 2.45) is 0 Å². The molecule has 3 rings (SSSR count). The zero-order valence-electron chi connectivity index (χ0n) is 18.6. The Morgan fingerprint density at radius 1 is 0.968 bits per heavy atom. The highest BCUT2D eigenvalue weighted by molar-refractivity contribution is 6.36. The lowest BCUT2D eigenvalue weighted by Gasteiger charge is -2.25. The fourth-order valence-electron chi connectivity index (χ4n) is 3.69. The number of carbonyl (C=O) groups excluding carboxylic acids is 2. The van der Waals surface area contributed by atoms with E-state index in [1.165, 1.54) is 4.90 Å². The molecule has 1 aliphatic heterocycles. The highest BCUT2D eigenvalue weighted by Crippen LogP contribution is 2.36. The number of carbonyl (C=O) groups is 2. The summed E-state index contributed by atoms with van der Waals surface area (Å²) in [5.41, 5.74) is 2.48. The van der Waals surface area contributed by atoms with E-state index in [2.05, 4.69) is 0 Å². The largest absolute Gasteiger partial charge is 0.496 e. The van der Waals surface area contributed by atoms with E-state index in [0.29, 0.717) is 42.3 Å². The van der Waals surface area contributed by atoms with Gasteiger partial charge in [0.2, 0.25) is 0 Å². The molecule has 0 fully saturated rings. The van der Waals surface area contributed by atoms with E-state index in [9.17, 15) is 9.59 Å². The SMILES string of the molecule is CCN(Cc1ccccc1)C1=C(c2ccccc2OC)C(=O)N(CCOC(C)C)C1=O. The molecule has 6 nitrogen and oxygen atoms in total. The van der Waals surface area contributed by atoms with Crippen molar-refractivity contribution in [3.05, 3.63) is 71.4 Å². The normalized spacial score (nSPS) is 14.0. The number of nitrogens with zero attached hydrogens (tertiary/aromatic N) is 2. The quantitative estimate of drug-likeness (QED) is 0.546. The van der Waals surface area contributed by atoms with Crippen molar-refractivity contribution >= 4 is 17.4 Å². The third kappa shape index (κ3) is 4.97. The van der Waals surface area contributed by atoms with Crippen LogP contribution in [0.2, 0.25) is 0 Å². The summed E-state index contributed by atoms with van der Waals surface area (Å²) in [6, 6.07) is 17.2. The molecule has 0 saturated carbocycles. The lowest BCUT2D eigenvalue weighted by atomic mass is 10.0. The third-order valence-electron chi connectivity index (χ3n) is 5.20. The van der Waals surface area contributed by atoms with E-state index >= 15 is 0 Å². The van der Waals surface area contributed by atoms with Crippen LogP contribution >= 0.6 is 0 Å². The predicted octanol–water partition coefficient (Wildman–Crippen LogP) is 3.72. The summed E-state index contributed by atoms with van der Waals surface area (Å²) in [5, 5.41) is 0. The Bertz CT molecular complexity index is 953. The van der Waals surface area contributed by atoms with Crippen LogP contribution < -0.4 is 4.74 Å². The van der Waals surface area contributed by atoms with Gasteiger partial charge in [-0.25, -0.2) is 0 Å². The summed E-state index contributed by atoms with van der Waals surface area (Å²) >= 11 is 0. The van der Waals surface area contributed by atoms with E-state index in [1.54, 1.807) is 13.2 Å². The fourth-order valence-corrected chi connectivity index (χ4v) is 3.69. The van der Waals surface area contributed by atoms with E-state index < -0.39 is 0 Å². The lowest BCUT2D eigenvalue weighted by Crippen LogP contribution is -2.37. The van der Waals surface area contributed by atoms with Crippen LogP contribution in [0.4, 0.5) is 0 Å². The van der Waals surface area contributed by atoms with Crippen molar-refractivity contribution in [3.63, 3.8) is 0 Å². The molecule has 0 saturated heterocycles. The number of imide groups is 1. The molecule has 0 radical (unpaired) electrons. The number of hydrogen-bond acceptors (Lipinski definition) is 5. The number of ether oxygens (including phenoxy) is 2. The Kier molecular flexibility index (Phi) is 7.47. The Hall–Kier alpha value is -3.12. The molecule has 0 bridgehead atoms. The summed E-state index contributed by atoms with van der Waals surface area (Å²) < 4.78 is 11.1. The number of amides is 2. The van der Waals surface area contributed by atoms with Crippen LogP contribution in [-0.4, -0.2) is 54.5 Å². The van der Waals surface area contributed by atoms with Crippen LogP contribution in [0.3, 0.4) is 0 Å². The predicted molar refractivity (Wildman–Crippen MR) is 120 cm³/mol. The van der Waals surface area contributed by atoms with Gasteiger partial charge in [-0.05, 0) is 32.4 Å². The molecule has 0 N–H and O–H groups in total. The number of likely N-dealkylation sites (N-methyl/N-ethyl adjacent to an activating group) is 1. The van der Waals surface area contributed by atoms with Gasteiger partial charge in [0.25, 0.3) is 11.8 Å². The molecule has 1 aliphatic rings. The minimum Gasteiger partial charge on any atom is -0.496 e. The van der Waals surface area contributed by atoms with Crippen molar-refractivity contribution in [2.75, 3.05) is 26.8 Å². The highest BCUT2D eigenvalue weighted by atomic mass is 16.5. The van der Waals surface area contributed by atoms with Crippen molar-refractivity contribution in [1.82, 2.24) is 9.80 Å². The molecule has 2 aromatic carbocycles. The maximum absolute atomic E-state index is 13.5. The summed E-state index contributed by atoms with van der Waals surface area (Å²) in [7, 11) is 1.57. The van der Waals surface area contributed by atoms with Crippen LogP contribution in [0.15, 0.2) is 60.3 Å². The van der Waals surface area contributed by atoms with Crippen molar-refractivity contribution in [3.8, 4) is 5.75 Å². The topological polar surface area (TPSA) is 59.1 Å². The lowest BCUT2D eigenvalue weighted by molar-refractivity contribution is -0.138. The van der Waals surface area contributed by atoms with Gasteiger partial charge in [0.05, 0.1) is 31.9 Å². The molecular formula is C25H30N2O4. The number of rotatable bonds is 10. The van der Waals surface area contributed by atoms with Gasteiger partial charge in [0.1, 0.15) is 11.4 Å². The van der Waals surface area contributed by atoms with Crippen LogP contribution in [0, 0.1) is 0 Å². The molecule has 164 valence electrons. The van der Waals surface area contributed by atoms with E-state index in [-0.39, 0.29) is 24.5 Å². The Morgan fingerprint density at radius 2 is 1.65 bits per heavy atom. The first-order valence-electron chi connectivity index (χ1n) is 10.6. The minimum absolute atomic E-state index is 0.0270. The molecule has 6 heteroatoms. The summed E-state index contributed by atoms with van der Waals surface area (Å²) in [6.45, 7) is 7.46. The molecule has 0 atom stereocenters. The Labute approximate surface area is 184 Å². The second-order valence-electron chi connectivity index (χ2n) is 7.61. The molecular weight excluding hydrogens is 392 g/mol. The second-order valence-corrected chi connectivity index (χ2v) is 7.61. The van der Waals surface area contributed by atoms with Crippen LogP contribution in [-0.2, 0) is 20.9 Å². The smallest absolute Gasteiger partial charge is 0.277 e. The van der Waals surface area contributed by atoms with E-state index in [4.69, 9.17) is 9.47 Å².